The number of carbonyl (C=O) groups is 2. The predicted molar refractivity (Wildman–Crippen MR) is 83.3 cm³/mol. The molecule has 0 aromatic carbocycles. The molecule has 124 valence electrons. The molecule has 3 aliphatic rings. The SMILES string of the molecule is C=C1[C@@H](OC(=O)CC)C[C@@]2(O)C(=C)CC[C@H]3C(=C)C(=O)O[C@@H]3[C@@H]12. The molecular weight excluding hydrogens is 296 g/mol. The summed E-state index contributed by atoms with van der Waals surface area (Å²) in [4.78, 5) is 23.5. The maximum Gasteiger partial charge on any atom is 0.334 e. The van der Waals surface area contributed by atoms with Crippen molar-refractivity contribution in [2.75, 3.05) is 0 Å². The van der Waals surface area contributed by atoms with Gasteiger partial charge < -0.3 is 14.6 Å². The fraction of sp³-hybridized carbons (Fsp3) is 0.556. The molecule has 1 aliphatic heterocycles. The normalized spacial score (nSPS) is 39.6. The van der Waals surface area contributed by atoms with Crippen LogP contribution in [0.4, 0.5) is 0 Å². The highest BCUT2D eigenvalue weighted by Gasteiger charge is 2.60. The number of fused-ring (bicyclic) bond motifs is 3. The topological polar surface area (TPSA) is 72.8 Å². The molecule has 5 heteroatoms. The zero-order valence-corrected chi connectivity index (χ0v) is 13.3. The predicted octanol–water partition coefficient (Wildman–Crippen LogP) is 2.06. The zero-order chi connectivity index (χ0) is 16.9. The van der Waals surface area contributed by atoms with Crippen LogP contribution in [0.3, 0.4) is 0 Å². The largest absolute Gasteiger partial charge is 0.458 e. The van der Waals surface area contributed by atoms with Crippen molar-refractivity contribution in [3.8, 4) is 0 Å². The third-order valence-electron chi connectivity index (χ3n) is 5.43. The van der Waals surface area contributed by atoms with Gasteiger partial charge >= 0.3 is 11.9 Å². The molecule has 3 fully saturated rings. The van der Waals surface area contributed by atoms with Gasteiger partial charge in [-0.3, -0.25) is 4.79 Å². The molecule has 1 saturated heterocycles. The van der Waals surface area contributed by atoms with Crippen LogP contribution >= 0.6 is 0 Å². The molecule has 2 saturated carbocycles. The molecule has 5 atom stereocenters. The molecule has 2 aliphatic carbocycles. The second-order valence-corrected chi connectivity index (χ2v) is 6.66. The summed E-state index contributed by atoms with van der Waals surface area (Å²) < 4.78 is 10.9. The lowest BCUT2D eigenvalue weighted by Gasteiger charge is -2.33. The Morgan fingerprint density at radius 2 is 2.13 bits per heavy atom. The number of esters is 2. The monoisotopic (exact) mass is 318 g/mol. The number of rotatable bonds is 2. The van der Waals surface area contributed by atoms with Crippen LogP contribution in [0.15, 0.2) is 36.5 Å². The van der Waals surface area contributed by atoms with Crippen LogP contribution in [-0.2, 0) is 19.1 Å². The minimum Gasteiger partial charge on any atom is -0.458 e. The van der Waals surface area contributed by atoms with E-state index < -0.39 is 29.7 Å². The highest BCUT2D eigenvalue weighted by atomic mass is 16.6. The molecule has 3 rings (SSSR count). The maximum atomic E-state index is 11.9. The highest BCUT2D eigenvalue weighted by Crippen LogP contribution is 2.54. The Kier molecular flexibility index (Phi) is 3.71. The van der Waals surface area contributed by atoms with Crippen molar-refractivity contribution >= 4 is 11.9 Å². The Hall–Kier alpha value is -1.88. The van der Waals surface area contributed by atoms with E-state index in [1.807, 2.05) is 0 Å². The van der Waals surface area contributed by atoms with Crippen LogP contribution < -0.4 is 0 Å². The minimum atomic E-state index is -1.26. The van der Waals surface area contributed by atoms with E-state index >= 15 is 0 Å². The lowest BCUT2D eigenvalue weighted by atomic mass is 9.78. The van der Waals surface area contributed by atoms with Gasteiger partial charge in [0.25, 0.3) is 0 Å². The smallest absolute Gasteiger partial charge is 0.334 e. The van der Waals surface area contributed by atoms with Gasteiger partial charge in [0, 0.05) is 24.3 Å². The van der Waals surface area contributed by atoms with Crippen LogP contribution in [0.5, 0.6) is 0 Å². The van der Waals surface area contributed by atoms with Crippen molar-refractivity contribution in [2.24, 2.45) is 11.8 Å². The van der Waals surface area contributed by atoms with Crippen molar-refractivity contribution < 1.29 is 24.2 Å². The highest BCUT2D eigenvalue weighted by molar-refractivity contribution is 5.91. The molecule has 5 nitrogen and oxygen atoms in total. The van der Waals surface area contributed by atoms with Gasteiger partial charge in [-0.05, 0) is 24.0 Å². The van der Waals surface area contributed by atoms with Crippen LogP contribution in [0.2, 0.25) is 0 Å². The van der Waals surface area contributed by atoms with Crippen molar-refractivity contribution in [3.63, 3.8) is 0 Å². The first-order valence-corrected chi connectivity index (χ1v) is 7.98. The molecule has 0 aromatic heterocycles. The first-order chi connectivity index (χ1) is 10.8. The van der Waals surface area contributed by atoms with Gasteiger partial charge in [-0.15, -0.1) is 0 Å². The van der Waals surface area contributed by atoms with Crippen molar-refractivity contribution in [1.29, 1.82) is 0 Å². The first-order valence-electron chi connectivity index (χ1n) is 7.98. The molecule has 0 amide bonds. The minimum absolute atomic E-state index is 0.157. The molecule has 0 aromatic rings. The number of hydrogen-bond acceptors (Lipinski definition) is 5. The number of hydrogen-bond donors (Lipinski definition) is 1. The summed E-state index contributed by atoms with van der Waals surface area (Å²) in [6, 6.07) is 0. The number of carbonyl (C=O) groups excluding carboxylic acids is 2. The summed E-state index contributed by atoms with van der Waals surface area (Å²) in [5.41, 5.74) is 0.445. The summed E-state index contributed by atoms with van der Waals surface area (Å²) >= 11 is 0. The average molecular weight is 318 g/mol. The van der Waals surface area contributed by atoms with Crippen molar-refractivity contribution in [3.05, 3.63) is 36.5 Å². The summed E-state index contributed by atoms with van der Waals surface area (Å²) in [5.74, 6) is -1.43. The van der Waals surface area contributed by atoms with Crippen LogP contribution in [0.25, 0.3) is 0 Å². The Morgan fingerprint density at radius 1 is 1.43 bits per heavy atom. The van der Waals surface area contributed by atoms with E-state index in [0.29, 0.717) is 29.6 Å². The third kappa shape index (κ3) is 2.26. The van der Waals surface area contributed by atoms with E-state index in [2.05, 4.69) is 19.7 Å². The Labute approximate surface area is 135 Å². The van der Waals surface area contributed by atoms with Gasteiger partial charge in [0.1, 0.15) is 12.2 Å². The van der Waals surface area contributed by atoms with E-state index in [1.165, 1.54) is 0 Å². The van der Waals surface area contributed by atoms with Crippen LogP contribution in [0, 0.1) is 11.8 Å². The molecule has 23 heavy (non-hydrogen) atoms. The fourth-order valence-corrected chi connectivity index (χ4v) is 4.07. The van der Waals surface area contributed by atoms with Crippen LogP contribution in [0.1, 0.15) is 32.6 Å². The van der Waals surface area contributed by atoms with Gasteiger partial charge in [-0.1, -0.05) is 26.7 Å². The first kappa shape index (κ1) is 16.0. The van der Waals surface area contributed by atoms with E-state index in [0.717, 1.165) is 0 Å². The van der Waals surface area contributed by atoms with Crippen molar-refractivity contribution in [2.45, 2.75) is 50.4 Å². The van der Waals surface area contributed by atoms with Crippen molar-refractivity contribution in [1.82, 2.24) is 0 Å². The zero-order valence-electron chi connectivity index (χ0n) is 13.3. The quantitative estimate of drug-likeness (QED) is 0.479. The fourth-order valence-electron chi connectivity index (χ4n) is 4.07. The summed E-state index contributed by atoms with van der Waals surface area (Å²) in [5, 5.41) is 11.2. The Bertz CT molecular complexity index is 619. The lowest BCUT2D eigenvalue weighted by Crippen LogP contribution is -2.42. The molecule has 1 N–H and O–H groups in total. The summed E-state index contributed by atoms with van der Waals surface area (Å²) in [6.07, 6.45) is 0.614. The van der Waals surface area contributed by atoms with Gasteiger partial charge in [-0.2, -0.15) is 0 Å². The lowest BCUT2D eigenvalue weighted by molar-refractivity contribution is -0.147. The van der Waals surface area contributed by atoms with Gasteiger partial charge in [0.2, 0.25) is 0 Å². The van der Waals surface area contributed by atoms with Crippen LogP contribution in [-0.4, -0.2) is 34.9 Å². The Balaban J connectivity index is 1.97. The van der Waals surface area contributed by atoms with E-state index in [1.54, 1.807) is 6.92 Å². The van der Waals surface area contributed by atoms with Gasteiger partial charge in [-0.25, -0.2) is 4.79 Å². The Morgan fingerprint density at radius 3 is 2.78 bits per heavy atom. The second kappa shape index (κ2) is 5.34. The molecule has 1 heterocycles. The standard InChI is InChI=1S/C18H22O5/c1-5-14(19)22-13-8-18(21)9(2)6-7-12-10(3)17(20)23-16(12)15(18)11(13)4/h12-13,15-16,21H,2-8H2,1H3/t12-,13-,15+,16-,18+/m0/s1. The molecule has 0 unspecified atom stereocenters. The van der Waals surface area contributed by atoms with Gasteiger partial charge in [0.15, 0.2) is 0 Å². The number of ether oxygens (including phenoxy) is 2. The third-order valence-corrected chi connectivity index (χ3v) is 5.43. The van der Waals surface area contributed by atoms with E-state index in [9.17, 15) is 14.7 Å². The summed E-state index contributed by atoms with van der Waals surface area (Å²) in [6.45, 7) is 13.6. The molecule has 0 spiro atoms. The van der Waals surface area contributed by atoms with E-state index in [4.69, 9.17) is 9.47 Å². The molecule has 0 radical (unpaired) electrons. The van der Waals surface area contributed by atoms with Gasteiger partial charge in [0.05, 0.1) is 11.5 Å². The number of aliphatic hydroxyl groups is 1. The average Bonchev–Trinajstić information content (AvgIpc) is 2.88. The summed E-state index contributed by atoms with van der Waals surface area (Å²) in [7, 11) is 0. The maximum absolute atomic E-state index is 11.9. The molecule has 0 bridgehead atoms. The molecular formula is C18H22O5. The second-order valence-electron chi connectivity index (χ2n) is 6.66. The van der Waals surface area contributed by atoms with E-state index in [-0.39, 0.29) is 24.7 Å².